The van der Waals surface area contributed by atoms with Gasteiger partial charge in [-0.15, -0.1) is 0 Å². The maximum atomic E-state index is 13.7. The van der Waals surface area contributed by atoms with Crippen LogP contribution in [-0.4, -0.2) is 17.5 Å². The summed E-state index contributed by atoms with van der Waals surface area (Å²) in [7, 11) is 0. The normalized spacial score (nSPS) is 17.3. The topological polar surface area (TPSA) is 32.3 Å². The Labute approximate surface area is 137 Å². The Hall–Kier alpha value is -2.14. The zero-order valence-corrected chi connectivity index (χ0v) is 13.0. The second-order valence-electron chi connectivity index (χ2n) is 5.43. The number of halogens is 3. The van der Waals surface area contributed by atoms with E-state index in [4.69, 9.17) is 11.6 Å². The summed E-state index contributed by atoms with van der Waals surface area (Å²) in [5, 5.41) is 3.10. The zero-order valence-electron chi connectivity index (χ0n) is 12.2. The van der Waals surface area contributed by atoms with Gasteiger partial charge in [-0.2, -0.15) is 0 Å². The molecule has 1 fully saturated rings. The van der Waals surface area contributed by atoms with Gasteiger partial charge < -0.3 is 10.2 Å². The lowest BCUT2D eigenvalue weighted by molar-refractivity contribution is 0.207. The van der Waals surface area contributed by atoms with Crippen molar-refractivity contribution in [1.82, 2.24) is 4.90 Å². The van der Waals surface area contributed by atoms with Crippen LogP contribution in [0, 0.1) is 11.6 Å². The number of nitrogens with one attached hydrogen (secondary N) is 1. The average molecular weight is 337 g/mol. The Morgan fingerprint density at radius 3 is 2.74 bits per heavy atom. The van der Waals surface area contributed by atoms with E-state index in [0.717, 1.165) is 30.5 Å². The van der Waals surface area contributed by atoms with E-state index in [-0.39, 0.29) is 11.7 Å². The van der Waals surface area contributed by atoms with Crippen LogP contribution in [0.3, 0.4) is 0 Å². The molecule has 23 heavy (non-hydrogen) atoms. The van der Waals surface area contributed by atoms with E-state index < -0.39 is 17.7 Å². The van der Waals surface area contributed by atoms with Gasteiger partial charge in [0.1, 0.15) is 11.6 Å². The third-order valence-electron chi connectivity index (χ3n) is 3.95. The second-order valence-corrected chi connectivity index (χ2v) is 5.83. The van der Waals surface area contributed by atoms with Crippen LogP contribution in [-0.2, 0) is 0 Å². The van der Waals surface area contributed by atoms with E-state index in [1.807, 2.05) is 18.2 Å². The molecule has 1 aliphatic heterocycles. The highest BCUT2D eigenvalue weighted by molar-refractivity contribution is 6.31. The Balaban J connectivity index is 1.80. The maximum Gasteiger partial charge on any atom is 0.322 e. The first-order chi connectivity index (χ1) is 11.1. The molecule has 2 aromatic rings. The van der Waals surface area contributed by atoms with Gasteiger partial charge in [-0.25, -0.2) is 13.6 Å². The quantitative estimate of drug-likeness (QED) is 0.823. The summed E-state index contributed by atoms with van der Waals surface area (Å²) in [5.41, 5.74) is 0.836. The fraction of sp³-hybridized carbons (Fsp3) is 0.235. The van der Waals surface area contributed by atoms with Gasteiger partial charge in [0, 0.05) is 17.6 Å². The number of carbonyl (C=O) groups excluding carboxylic acids is 1. The van der Waals surface area contributed by atoms with Crippen LogP contribution in [0.2, 0.25) is 5.02 Å². The maximum absolute atomic E-state index is 13.7. The molecule has 0 saturated carbocycles. The number of nitrogens with zero attached hydrogens (tertiary/aromatic N) is 1. The summed E-state index contributed by atoms with van der Waals surface area (Å²) in [5.74, 6) is -1.48. The van der Waals surface area contributed by atoms with Crippen LogP contribution >= 0.6 is 11.6 Å². The van der Waals surface area contributed by atoms with Gasteiger partial charge in [-0.05, 0) is 36.6 Å². The van der Waals surface area contributed by atoms with E-state index in [9.17, 15) is 13.6 Å². The molecule has 0 aliphatic carbocycles. The first-order valence-corrected chi connectivity index (χ1v) is 7.71. The van der Waals surface area contributed by atoms with Crippen LogP contribution in [0.5, 0.6) is 0 Å². The van der Waals surface area contributed by atoms with Gasteiger partial charge in [0.15, 0.2) is 0 Å². The van der Waals surface area contributed by atoms with Crippen LogP contribution in [0.1, 0.15) is 24.4 Å². The summed E-state index contributed by atoms with van der Waals surface area (Å²) < 4.78 is 26.6. The standard InChI is InChI=1S/C17H15ClF2N2O/c18-13-5-2-1-4-12(13)16-6-3-9-22(16)17(23)21-15-8-7-11(19)10-14(15)20/h1-2,4-5,7-8,10,16H,3,6,9H2,(H,21,23)/t16-/m0/s1. The number of hydrogen-bond donors (Lipinski definition) is 1. The lowest BCUT2D eigenvalue weighted by Crippen LogP contribution is -2.34. The molecule has 3 rings (SSSR count). The second kappa shape index (κ2) is 6.54. The molecule has 2 amide bonds. The number of likely N-dealkylation sites (tertiary alicyclic amines) is 1. The number of hydrogen-bond acceptors (Lipinski definition) is 1. The molecule has 1 aliphatic rings. The molecule has 1 saturated heterocycles. The highest BCUT2D eigenvalue weighted by Gasteiger charge is 2.31. The SMILES string of the molecule is O=C(Nc1ccc(F)cc1F)N1CCC[C@H]1c1ccccc1Cl. The Kier molecular flexibility index (Phi) is 4.48. The molecule has 0 radical (unpaired) electrons. The smallest absolute Gasteiger partial charge is 0.317 e. The van der Waals surface area contributed by atoms with Crippen LogP contribution < -0.4 is 5.32 Å². The molecule has 6 heteroatoms. The molecule has 3 nitrogen and oxygen atoms in total. The Morgan fingerprint density at radius 1 is 1.22 bits per heavy atom. The zero-order chi connectivity index (χ0) is 16.4. The molecule has 2 aromatic carbocycles. The number of anilines is 1. The van der Waals surface area contributed by atoms with Gasteiger partial charge in [-0.1, -0.05) is 29.8 Å². The van der Waals surface area contributed by atoms with Crippen molar-refractivity contribution in [3.05, 3.63) is 64.7 Å². The van der Waals surface area contributed by atoms with Crippen LogP contribution in [0.25, 0.3) is 0 Å². The monoisotopic (exact) mass is 336 g/mol. The molecule has 1 atom stereocenters. The summed E-state index contributed by atoms with van der Waals surface area (Å²) in [4.78, 5) is 14.1. The van der Waals surface area contributed by atoms with E-state index >= 15 is 0 Å². The minimum Gasteiger partial charge on any atom is -0.317 e. The summed E-state index contributed by atoms with van der Waals surface area (Å²) in [6.45, 7) is 0.560. The average Bonchev–Trinajstić information content (AvgIpc) is 3.00. The van der Waals surface area contributed by atoms with Crippen molar-refractivity contribution in [3.63, 3.8) is 0 Å². The van der Waals surface area contributed by atoms with Gasteiger partial charge in [0.25, 0.3) is 0 Å². The summed E-state index contributed by atoms with van der Waals surface area (Å²) >= 11 is 6.22. The minimum atomic E-state index is -0.799. The predicted molar refractivity (Wildman–Crippen MR) is 85.5 cm³/mol. The third-order valence-corrected chi connectivity index (χ3v) is 4.29. The fourth-order valence-corrected chi connectivity index (χ4v) is 3.12. The molecular formula is C17H15ClF2N2O. The number of carbonyl (C=O) groups is 1. The summed E-state index contributed by atoms with van der Waals surface area (Å²) in [6.07, 6.45) is 1.64. The van der Waals surface area contributed by atoms with Gasteiger partial charge in [0.05, 0.1) is 11.7 Å². The third kappa shape index (κ3) is 3.29. The molecule has 120 valence electrons. The lowest BCUT2D eigenvalue weighted by Gasteiger charge is -2.26. The molecule has 0 unspecified atom stereocenters. The number of benzene rings is 2. The molecular weight excluding hydrogens is 322 g/mol. The van der Waals surface area contributed by atoms with E-state index in [1.54, 1.807) is 11.0 Å². The van der Waals surface area contributed by atoms with Crippen molar-refractivity contribution in [3.8, 4) is 0 Å². The van der Waals surface area contributed by atoms with Crippen LogP contribution in [0.15, 0.2) is 42.5 Å². The molecule has 0 aromatic heterocycles. The highest BCUT2D eigenvalue weighted by Crippen LogP contribution is 2.36. The molecule has 0 spiro atoms. The molecule has 0 bridgehead atoms. The van der Waals surface area contributed by atoms with Gasteiger partial charge in [-0.3, -0.25) is 0 Å². The molecule has 1 heterocycles. The first kappa shape index (κ1) is 15.7. The highest BCUT2D eigenvalue weighted by atomic mass is 35.5. The number of amides is 2. The molecule has 1 N–H and O–H groups in total. The number of rotatable bonds is 2. The Bertz CT molecular complexity index is 738. The van der Waals surface area contributed by atoms with E-state index in [0.29, 0.717) is 11.6 Å². The van der Waals surface area contributed by atoms with Crippen molar-refractivity contribution >= 4 is 23.3 Å². The number of urea groups is 1. The Morgan fingerprint density at radius 2 is 2.00 bits per heavy atom. The minimum absolute atomic E-state index is 0.0405. The van der Waals surface area contributed by atoms with Gasteiger partial charge >= 0.3 is 6.03 Å². The lowest BCUT2D eigenvalue weighted by atomic mass is 10.0. The van der Waals surface area contributed by atoms with Crippen molar-refractivity contribution in [1.29, 1.82) is 0 Å². The van der Waals surface area contributed by atoms with Gasteiger partial charge in [0.2, 0.25) is 0 Å². The van der Waals surface area contributed by atoms with Crippen molar-refractivity contribution < 1.29 is 13.6 Å². The van der Waals surface area contributed by atoms with Crippen molar-refractivity contribution in [2.75, 3.05) is 11.9 Å². The predicted octanol–water partition coefficient (Wildman–Crippen LogP) is 4.99. The van der Waals surface area contributed by atoms with E-state index in [2.05, 4.69) is 5.32 Å². The summed E-state index contributed by atoms with van der Waals surface area (Å²) in [6, 6.07) is 9.86. The van der Waals surface area contributed by atoms with Crippen molar-refractivity contribution in [2.45, 2.75) is 18.9 Å². The largest absolute Gasteiger partial charge is 0.322 e. The van der Waals surface area contributed by atoms with E-state index in [1.165, 1.54) is 6.07 Å². The van der Waals surface area contributed by atoms with Crippen LogP contribution in [0.4, 0.5) is 19.3 Å². The first-order valence-electron chi connectivity index (χ1n) is 7.33. The fourth-order valence-electron chi connectivity index (χ4n) is 2.86. The van der Waals surface area contributed by atoms with Crippen molar-refractivity contribution in [2.24, 2.45) is 0 Å².